The fraction of sp³-hybridized carbons (Fsp3) is 0.222. The van der Waals surface area contributed by atoms with Gasteiger partial charge >= 0.3 is 0 Å². The fourth-order valence-electron chi connectivity index (χ4n) is 2.39. The third-order valence-electron chi connectivity index (χ3n) is 3.70. The summed E-state index contributed by atoms with van der Waals surface area (Å²) in [5.74, 6) is -5.46. The minimum Gasteiger partial charge on any atom is -0.322 e. The van der Waals surface area contributed by atoms with Gasteiger partial charge in [0.05, 0.1) is 12.7 Å². The monoisotopic (exact) mass is 400 g/mol. The molecule has 0 saturated heterocycles. The summed E-state index contributed by atoms with van der Waals surface area (Å²) in [6.45, 7) is 1.59. The molecule has 2 aromatic rings. The van der Waals surface area contributed by atoms with Crippen molar-refractivity contribution in [3.8, 4) is 0 Å². The average molecular weight is 401 g/mol. The number of aryl methyl sites for hydroxylation is 1. The molecule has 0 saturated carbocycles. The molecule has 0 bridgehead atoms. The smallest absolute Gasteiger partial charge is 0.279 e. The van der Waals surface area contributed by atoms with E-state index in [0.717, 1.165) is 11.6 Å². The van der Waals surface area contributed by atoms with Crippen LogP contribution in [0.1, 0.15) is 5.56 Å². The number of hydrogen-bond donors (Lipinski definition) is 3. The second-order valence-corrected chi connectivity index (χ2v) is 6.53. The Balaban J connectivity index is 1.89. The lowest BCUT2D eigenvalue weighted by Gasteiger charge is -2.15. The number of quaternary nitrogens is 1. The van der Waals surface area contributed by atoms with Gasteiger partial charge in [0.1, 0.15) is 0 Å². The maximum Gasteiger partial charge on any atom is 0.279 e. The van der Waals surface area contributed by atoms with Crippen LogP contribution in [0.3, 0.4) is 0 Å². The van der Waals surface area contributed by atoms with E-state index in [2.05, 4.69) is 10.6 Å². The van der Waals surface area contributed by atoms with Gasteiger partial charge in [-0.1, -0.05) is 11.6 Å². The molecule has 0 aliphatic carbocycles. The van der Waals surface area contributed by atoms with Gasteiger partial charge < -0.3 is 15.5 Å². The Labute approximate surface area is 159 Å². The van der Waals surface area contributed by atoms with Gasteiger partial charge in [-0.15, -0.1) is 0 Å². The number of halogens is 4. The van der Waals surface area contributed by atoms with Crippen LogP contribution in [-0.4, -0.2) is 32.0 Å². The Morgan fingerprint density at radius 1 is 0.963 bits per heavy atom. The Bertz CT molecular complexity index is 877. The van der Waals surface area contributed by atoms with Gasteiger partial charge in [0, 0.05) is 10.7 Å². The number of carbonyl (C=O) groups excluding carboxylic acids is 2. The molecule has 0 aromatic heterocycles. The molecule has 144 valence electrons. The number of nitrogens with one attached hydrogen (secondary N) is 3. The number of hydrogen-bond acceptors (Lipinski definition) is 2. The summed E-state index contributed by atoms with van der Waals surface area (Å²) in [5.41, 5.74) is 0.929. The zero-order valence-electron chi connectivity index (χ0n) is 14.6. The van der Waals surface area contributed by atoms with Gasteiger partial charge in [0.15, 0.2) is 30.5 Å². The topological polar surface area (TPSA) is 62.6 Å². The van der Waals surface area contributed by atoms with Crippen molar-refractivity contribution >= 4 is 34.8 Å². The summed E-state index contributed by atoms with van der Waals surface area (Å²) >= 11 is 5.86. The molecule has 2 aromatic carbocycles. The quantitative estimate of drug-likeness (QED) is 0.651. The first-order valence-corrected chi connectivity index (χ1v) is 8.36. The third kappa shape index (κ3) is 5.70. The number of likely N-dealkylation sites (N-methyl/N-ethyl adjacent to an activating group) is 1. The maximum atomic E-state index is 13.6. The van der Waals surface area contributed by atoms with E-state index >= 15 is 0 Å². The zero-order chi connectivity index (χ0) is 20.1. The minimum atomic E-state index is -1.66. The predicted molar refractivity (Wildman–Crippen MR) is 96.4 cm³/mol. The molecular formula is C18H18ClF3N3O2+. The van der Waals surface area contributed by atoms with Crippen LogP contribution < -0.4 is 15.5 Å². The normalized spacial score (nSPS) is 11.8. The first-order chi connectivity index (χ1) is 12.7. The summed E-state index contributed by atoms with van der Waals surface area (Å²) in [6, 6.07) is 6.66. The molecule has 9 heteroatoms. The lowest BCUT2D eigenvalue weighted by molar-refractivity contribution is -0.862. The first kappa shape index (κ1) is 20.7. The Morgan fingerprint density at radius 3 is 2.11 bits per heavy atom. The highest BCUT2D eigenvalue weighted by atomic mass is 35.5. The lowest BCUT2D eigenvalue weighted by Crippen LogP contribution is -3.11. The number of rotatable bonds is 6. The van der Waals surface area contributed by atoms with Crippen molar-refractivity contribution in [2.45, 2.75) is 6.92 Å². The van der Waals surface area contributed by atoms with E-state index in [1.54, 1.807) is 32.2 Å². The molecule has 0 fully saturated rings. The third-order valence-corrected chi connectivity index (χ3v) is 3.93. The highest BCUT2D eigenvalue weighted by Gasteiger charge is 2.18. The Hall–Kier alpha value is -2.58. The summed E-state index contributed by atoms with van der Waals surface area (Å²) in [7, 11) is 1.59. The first-order valence-electron chi connectivity index (χ1n) is 7.98. The molecule has 0 radical (unpaired) electrons. The summed E-state index contributed by atoms with van der Waals surface area (Å²) < 4.78 is 39.6. The minimum absolute atomic E-state index is 0.0320. The van der Waals surface area contributed by atoms with Gasteiger partial charge in [-0.2, -0.15) is 0 Å². The van der Waals surface area contributed by atoms with E-state index in [1.807, 2.05) is 0 Å². The molecule has 0 aliphatic rings. The predicted octanol–water partition coefficient (Wildman–Crippen LogP) is 2.16. The van der Waals surface area contributed by atoms with Crippen molar-refractivity contribution in [1.82, 2.24) is 0 Å². The molecule has 27 heavy (non-hydrogen) atoms. The SMILES string of the molecule is Cc1cc(Cl)ccc1NC(=O)C[NH+](C)CC(=O)Nc1ccc(F)c(F)c1F. The molecular weight excluding hydrogens is 383 g/mol. The second-order valence-electron chi connectivity index (χ2n) is 6.09. The highest BCUT2D eigenvalue weighted by Crippen LogP contribution is 2.20. The summed E-state index contributed by atoms with van der Waals surface area (Å²) in [6.07, 6.45) is 0. The van der Waals surface area contributed by atoms with Crippen molar-refractivity contribution in [2.24, 2.45) is 0 Å². The van der Waals surface area contributed by atoms with Gasteiger partial charge in [-0.25, -0.2) is 13.2 Å². The Morgan fingerprint density at radius 2 is 1.52 bits per heavy atom. The van der Waals surface area contributed by atoms with Gasteiger partial charge in [0.25, 0.3) is 11.8 Å². The van der Waals surface area contributed by atoms with Crippen LogP contribution in [0.15, 0.2) is 30.3 Å². The molecule has 3 N–H and O–H groups in total. The number of anilines is 2. The fourth-order valence-corrected chi connectivity index (χ4v) is 2.62. The average Bonchev–Trinajstić information content (AvgIpc) is 2.57. The van der Waals surface area contributed by atoms with E-state index in [1.165, 1.54) is 0 Å². The van der Waals surface area contributed by atoms with E-state index in [4.69, 9.17) is 11.6 Å². The van der Waals surface area contributed by atoms with Crippen molar-refractivity contribution < 1.29 is 27.7 Å². The summed E-state index contributed by atoms with van der Waals surface area (Å²) in [4.78, 5) is 24.5. The second kappa shape index (κ2) is 8.88. The molecule has 0 aliphatic heterocycles. The van der Waals surface area contributed by atoms with Gasteiger partial charge in [-0.05, 0) is 42.8 Å². The van der Waals surface area contributed by atoms with Crippen LogP contribution in [0.2, 0.25) is 5.02 Å². The number of amides is 2. The lowest BCUT2D eigenvalue weighted by atomic mass is 10.2. The van der Waals surface area contributed by atoms with Crippen molar-refractivity contribution in [3.63, 3.8) is 0 Å². The van der Waals surface area contributed by atoms with Crippen molar-refractivity contribution in [2.75, 3.05) is 30.8 Å². The van der Waals surface area contributed by atoms with Crippen LogP contribution in [0, 0.1) is 24.4 Å². The molecule has 0 heterocycles. The molecule has 5 nitrogen and oxygen atoms in total. The van der Waals surface area contributed by atoms with Crippen LogP contribution in [-0.2, 0) is 9.59 Å². The molecule has 2 rings (SSSR count). The van der Waals surface area contributed by atoms with Crippen LogP contribution in [0.25, 0.3) is 0 Å². The number of carbonyl (C=O) groups is 2. The van der Waals surface area contributed by atoms with Gasteiger partial charge in [0.2, 0.25) is 0 Å². The summed E-state index contributed by atoms with van der Waals surface area (Å²) in [5, 5.41) is 5.42. The van der Waals surface area contributed by atoms with Crippen molar-refractivity contribution in [1.29, 1.82) is 0 Å². The van der Waals surface area contributed by atoms with Gasteiger partial charge in [-0.3, -0.25) is 9.59 Å². The van der Waals surface area contributed by atoms with Crippen LogP contribution in [0.4, 0.5) is 24.5 Å². The van der Waals surface area contributed by atoms with E-state index < -0.39 is 29.0 Å². The highest BCUT2D eigenvalue weighted by molar-refractivity contribution is 6.30. The van der Waals surface area contributed by atoms with E-state index in [9.17, 15) is 22.8 Å². The maximum absolute atomic E-state index is 13.6. The number of benzene rings is 2. The van der Waals surface area contributed by atoms with Crippen molar-refractivity contribution in [3.05, 3.63) is 58.4 Å². The molecule has 1 atom stereocenters. The van der Waals surface area contributed by atoms with E-state index in [-0.39, 0.29) is 19.0 Å². The zero-order valence-corrected chi connectivity index (χ0v) is 15.4. The van der Waals surface area contributed by atoms with E-state index in [0.29, 0.717) is 21.7 Å². The Kier molecular flexibility index (Phi) is 6.81. The van der Waals surface area contributed by atoms with Crippen LogP contribution >= 0.6 is 11.6 Å². The molecule has 1 unspecified atom stereocenters. The molecule has 2 amide bonds. The largest absolute Gasteiger partial charge is 0.322 e. The molecule has 0 spiro atoms. The van der Waals surface area contributed by atoms with Crippen LogP contribution in [0.5, 0.6) is 0 Å². The standard InChI is InChI=1S/C18H17ClF3N3O2/c1-10-7-11(19)3-5-13(10)23-15(26)8-25(2)9-16(27)24-14-6-4-12(20)17(21)18(14)22/h3-7H,8-9H2,1-2H3,(H,23,26)(H,24,27)/p+1.